The van der Waals surface area contributed by atoms with E-state index in [-0.39, 0.29) is 0 Å². The Kier molecular flexibility index (Phi) is 5.33. The number of aryl methyl sites for hydroxylation is 1. The molecule has 4 aromatic rings. The van der Waals surface area contributed by atoms with Gasteiger partial charge in [-0.3, -0.25) is 4.98 Å². The number of nitrogens with zero attached hydrogens (tertiary/aromatic N) is 3. The van der Waals surface area contributed by atoms with Gasteiger partial charge in [0.2, 0.25) is 0 Å². The van der Waals surface area contributed by atoms with Crippen LogP contribution in [0.1, 0.15) is 30.2 Å². The van der Waals surface area contributed by atoms with Crippen LogP contribution in [-0.2, 0) is 0 Å². The molecule has 0 fully saturated rings. The minimum atomic E-state index is 0.526. The average molecular weight is 354 g/mol. The Bertz CT molecular complexity index is 910. The highest BCUT2D eigenvalue weighted by molar-refractivity contribution is 7.15. The van der Waals surface area contributed by atoms with E-state index in [1.807, 2.05) is 36.5 Å². The summed E-state index contributed by atoms with van der Waals surface area (Å²) in [6.07, 6.45) is 1.82. The molecule has 1 aromatic carbocycles. The van der Waals surface area contributed by atoms with Crippen molar-refractivity contribution in [3.05, 3.63) is 65.2 Å². The summed E-state index contributed by atoms with van der Waals surface area (Å²) in [5.41, 5.74) is 4.44. The van der Waals surface area contributed by atoms with Crippen LogP contribution in [0.4, 0.5) is 0 Å². The third-order valence-corrected chi connectivity index (χ3v) is 5.16. The van der Waals surface area contributed by atoms with E-state index in [1.54, 1.807) is 11.3 Å². The lowest BCUT2D eigenvalue weighted by atomic mass is 10.0. The number of benzene rings is 1. The van der Waals surface area contributed by atoms with Crippen molar-refractivity contribution >= 4 is 34.1 Å². The molecule has 0 amide bonds. The zero-order chi connectivity index (χ0) is 16.9. The van der Waals surface area contributed by atoms with Gasteiger partial charge >= 0.3 is 0 Å². The molecule has 0 saturated carbocycles. The van der Waals surface area contributed by atoms with Crippen LogP contribution < -0.4 is 0 Å². The van der Waals surface area contributed by atoms with Crippen LogP contribution in [0.5, 0.6) is 0 Å². The molecular weight excluding hydrogens is 334 g/mol. The number of hydrogen-bond acceptors (Lipinski definition) is 5. The van der Waals surface area contributed by atoms with Gasteiger partial charge < -0.3 is 0 Å². The largest absolute Gasteiger partial charge is 0.255 e. The van der Waals surface area contributed by atoms with E-state index < -0.39 is 0 Å². The maximum absolute atomic E-state index is 4.27. The minimum Gasteiger partial charge on any atom is -0.255 e. The SMILES string of the molecule is CC(C)c1cccc2nsnc12.Cc1ccc(-c2ccccn2)s1. The van der Waals surface area contributed by atoms with Crippen molar-refractivity contribution in [3.8, 4) is 10.6 Å². The molecule has 3 heterocycles. The van der Waals surface area contributed by atoms with Crippen molar-refractivity contribution in [3.63, 3.8) is 0 Å². The normalized spacial score (nSPS) is 10.7. The van der Waals surface area contributed by atoms with Crippen LogP contribution in [0.15, 0.2) is 54.7 Å². The van der Waals surface area contributed by atoms with E-state index in [0.29, 0.717) is 5.92 Å². The number of pyridine rings is 1. The number of hydrogen-bond donors (Lipinski definition) is 0. The molecule has 0 radical (unpaired) electrons. The smallest absolute Gasteiger partial charge is 0.108 e. The molecule has 5 heteroatoms. The standard InChI is InChI=1S/C10H9NS.C9H10N2S/c1-8-5-6-10(12-8)9-4-2-3-7-11-9;1-6(2)7-4-3-5-8-9(7)11-12-10-8/h2-7H,1H3;3-6H,1-2H3. The summed E-state index contributed by atoms with van der Waals surface area (Å²) in [6, 6.07) is 16.4. The Morgan fingerprint density at radius 3 is 2.46 bits per heavy atom. The Balaban J connectivity index is 0.000000141. The summed E-state index contributed by atoms with van der Waals surface area (Å²) in [4.78, 5) is 6.85. The van der Waals surface area contributed by atoms with Gasteiger partial charge in [-0.1, -0.05) is 32.0 Å². The van der Waals surface area contributed by atoms with Gasteiger partial charge in [0.05, 0.1) is 22.3 Å². The van der Waals surface area contributed by atoms with Gasteiger partial charge in [0.15, 0.2) is 0 Å². The van der Waals surface area contributed by atoms with Gasteiger partial charge in [-0.05, 0) is 48.7 Å². The molecule has 122 valence electrons. The predicted octanol–water partition coefficient (Wildman–Crippen LogP) is 5.93. The predicted molar refractivity (Wildman–Crippen MR) is 104 cm³/mol. The summed E-state index contributed by atoms with van der Waals surface area (Å²) in [5, 5.41) is 0. The van der Waals surface area contributed by atoms with Gasteiger partial charge in [0.1, 0.15) is 11.0 Å². The van der Waals surface area contributed by atoms with Crippen LogP contribution in [0.2, 0.25) is 0 Å². The Labute approximate surface area is 150 Å². The van der Waals surface area contributed by atoms with Gasteiger partial charge in [-0.25, -0.2) is 0 Å². The highest BCUT2D eigenvalue weighted by Gasteiger charge is 2.06. The molecule has 0 aliphatic carbocycles. The number of thiophene rings is 1. The molecule has 0 atom stereocenters. The van der Waals surface area contributed by atoms with Gasteiger partial charge in [0.25, 0.3) is 0 Å². The topological polar surface area (TPSA) is 38.7 Å². The fourth-order valence-electron chi connectivity index (χ4n) is 2.37. The zero-order valence-electron chi connectivity index (χ0n) is 13.9. The Morgan fingerprint density at radius 2 is 1.79 bits per heavy atom. The van der Waals surface area contributed by atoms with Crippen LogP contribution in [-0.4, -0.2) is 13.7 Å². The second-order valence-corrected chi connectivity index (χ2v) is 7.58. The third kappa shape index (κ3) is 3.86. The molecule has 3 aromatic heterocycles. The summed E-state index contributed by atoms with van der Waals surface area (Å²) < 4.78 is 8.46. The van der Waals surface area contributed by atoms with Crippen molar-refractivity contribution in [2.45, 2.75) is 26.7 Å². The highest BCUT2D eigenvalue weighted by Crippen LogP contribution is 2.25. The second kappa shape index (κ2) is 7.64. The first-order valence-corrected chi connectivity index (χ1v) is 9.39. The molecule has 24 heavy (non-hydrogen) atoms. The molecule has 3 nitrogen and oxygen atoms in total. The second-order valence-electron chi connectivity index (χ2n) is 5.76. The minimum absolute atomic E-state index is 0.526. The molecule has 0 aliphatic rings. The van der Waals surface area contributed by atoms with Crippen molar-refractivity contribution in [2.24, 2.45) is 0 Å². The Hall–Kier alpha value is -2.11. The van der Waals surface area contributed by atoms with Gasteiger partial charge in [-0.2, -0.15) is 8.75 Å². The lowest BCUT2D eigenvalue weighted by Gasteiger charge is -2.03. The molecule has 0 bridgehead atoms. The number of fused-ring (bicyclic) bond motifs is 1. The van der Waals surface area contributed by atoms with Crippen molar-refractivity contribution in [2.75, 3.05) is 0 Å². The molecule has 0 spiro atoms. The molecule has 4 rings (SSSR count). The fourth-order valence-corrected chi connectivity index (χ4v) is 3.77. The van der Waals surface area contributed by atoms with Crippen LogP contribution in [0.3, 0.4) is 0 Å². The molecule has 0 N–H and O–H groups in total. The summed E-state index contributed by atoms with van der Waals surface area (Å²) in [6.45, 7) is 6.46. The van der Waals surface area contributed by atoms with Crippen LogP contribution in [0.25, 0.3) is 21.6 Å². The quantitative estimate of drug-likeness (QED) is 0.448. The van der Waals surface area contributed by atoms with Crippen molar-refractivity contribution in [1.29, 1.82) is 0 Å². The van der Waals surface area contributed by atoms with E-state index in [9.17, 15) is 0 Å². The van der Waals surface area contributed by atoms with Crippen LogP contribution in [0, 0.1) is 6.92 Å². The zero-order valence-corrected chi connectivity index (χ0v) is 15.6. The van der Waals surface area contributed by atoms with Crippen molar-refractivity contribution in [1.82, 2.24) is 13.7 Å². The van der Waals surface area contributed by atoms with Crippen molar-refractivity contribution < 1.29 is 0 Å². The fraction of sp³-hybridized carbons (Fsp3) is 0.211. The number of aromatic nitrogens is 3. The first kappa shape index (κ1) is 16.7. The van der Waals surface area contributed by atoms with E-state index in [0.717, 1.165) is 16.7 Å². The van der Waals surface area contributed by atoms with Crippen LogP contribution >= 0.6 is 23.1 Å². The van der Waals surface area contributed by atoms with Gasteiger partial charge in [0, 0.05) is 11.1 Å². The first-order valence-electron chi connectivity index (χ1n) is 7.84. The van der Waals surface area contributed by atoms with E-state index in [1.165, 1.54) is 27.0 Å². The maximum atomic E-state index is 4.27. The Morgan fingerprint density at radius 1 is 0.917 bits per heavy atom. The lowest BCUT2D eigenvalue weighted by molar-refractivity contribution is 0.874. The first-order chi connectivity index (χ1) is 11.6. The summed E-state index contributed by atoms with van der Waals surface area (Å²) in [7, 11) is 0. The summed E-state index contributed by atoms with van der Waals surface area (Å²) in [5.74, 6) is 0.526. The van der Waals surface area contributed by atoms with Gasteiger partial charge in [-0.15, -0.1) is 11.3 Å². The molecular formula is C19H19N3S2. The molecule has 0 unspecified atom stereocenters. The van der Waals surface area contributed by atoms with E-state index in [2.05, 4.69) is 52.7 Å². The lowest BCUT2D eigenvalue weighted by Crippen LogP contribution is -1.87. The summed E-state index contributed by atoms with van der Waals surface area (Å²) >= 11 is 3.06. The van der Waals surface area contributed by atoms with E-state index >= 15 is 0 Å². The molecule has 0 aliphatic heterocycles. The number of rotatable bonds is 2. The highest BCUT2D eigenvalue weighted by atomic mass is 32.1. The molecule has 0 saturated heterocycles. The monoisotopic (exact) mass is 353 g/mol. The van der Waals surface area contributed by atoms with E-state index in [4.69, 9.17) is 0 Å². The average Bonchev–Trinajstić information content (AvgIpc) is 3.24. The maximum Gasteiger partial charge on any atom is 0.108 e. The third-order valence-electron chi connectivity index (χ3n) is 3.60.